The van der Waals surface area contributed by atoms with Crippen LogP contribution in [0.4, 0.5) is 0 Å². The van der Waals surface area contributed by atoms with Gasteiger partial charge >= 0.3 is 0 Å². The highest BCUT2D eigenvalue weighted by Gasteiger charge is 2.43. The van der Waals surface area contributed by atoms with E-state index in [0.717, 1.165) is 0 Å². The molecular formula is C13H28O7. The van der Waals surface area contributed by atoms with Gasteiger partial charge in [0, 0.05) is 18.4 Å². The van der Waals surface area contributed by atoms with E-state index in [9.17, 15) is 20.4 Å². The first-order valence-corrected chi connectivity index (χ1v) is 6.61. The molecule has 0 aliphatic heterocycles. The highest BCUT2D eigenvalue weighted by atomic mass is 16.5. The summed E-state index contributed by atoms with van der Waals surface area (Å²) < 4.78 is 5.04. The van der Waals surface area contributed by atoms with Crippen LogP contribution in [0, 0.1) is 11.3 Å². The van der Waals surface area contributed by atoms with Crippen LogP contribution in [0.2, 0.25) is 0 Å². The van der Waals surface area contributed by atoms with Gasteiger partial charge in [0.1, 0.15) is 6.10 Å². The van der Waals surface area contributed by atoms with Crippen molar-refractivity contribution in [2.24, 2.45) is 11.3 Å². The molecule has 7 nitrogen and oxygen atoms in total. The standard InChI is InChI=1S/C13H28O7/c1-7(11(20-4)8(16)5-14)10(18)12(19)13(2,3)9(17)6-15/h7-12,14-19H,5-6H2,1-4H3. The molecule has 0 heterocycles. The molecule has 0 radical (unpaired) electrons. The van der Waals surface area contributed by atoms with Gasteiger partial charge < -0.3 is 35.4 Å². The molecule has 0 rings (SSSR count). The second-order valence-corrected chi connectivity index (χ2v) is 5.76. The second kappa shape index (κ2) is 8.23. The third-order valence-corrected chi connectivity index (χ3v) is 4.01. The van der Waals surface area contributed by atoms with E-state index in [2.05, 4.69) is 0 Å². The third-order valence-electron chi connectivity index (χ3n) is 4.01. The van der Waals surface area contributed by atoms with Crippen LogP contribution < -0.4 is 0 Å². The maximum Gasteiger partial charge on any atom is 0.103 e. The summed E-state index contributed by atoms with van der Waals surface area (Å²) in [6.07, 6.45) is -5.92. The Balaban J connectivity index is 4.99. The maximum atomic E-state index is 10.2. The highest BCUT2D eigenvalue weighted by Crippen LogP contribution is 2.31. The monoisotopic (exact) mass is 296 g/mol. The molecule has 0 spiro atoms. The number of aliphatic hydroxyl groups excluding tert-OH is 6. The minimum absolute atomic E-state index is 0.533. The van der Waals surface area contributed by atoms with Gasteiger partial charge in [-0.05, 0) is 0 Å². The molecule has 20 heavy (non-hydrogen) atoms. The van der Waals surface area contributed by atoms with Crippen molar-refractivity contribution in [2.45, 2.75) is 51.3 Å². The number of ether oxygens (including phenoxy) is 1. The van der Waals surface area contributed by atoms with Crippen LogP contribution in [-0.2, 0) is 4.74 Å². The molecule has 0 aromatic carbocycles. The van der Waals surface area contributed by atoms with Crippen LogP contribution >= 0.6 is 0 Å². The lowest BCUT2D eigenvalue weighted by Gasteiger charge is -2.40. The molecular weight excluding hydrogens is 268 g/mol. The first-order chi connectivity index (χ1) is 9.14. The predicted octanol–water partition coefficient (Wildman–Crippen LogP) is -1.91. The van der Waals surface area contributed by atoms with E-state index in [1.54, 1.807) is 6.92 Å². The first kappa shape index (κ1) is 19.7. The van der Waals surface area contributed by atoms with E-state index in [-0.39, 0.29) is 0 Å². The zero-order chi connectivity index (χ0) is 16.1. The minimum Gasteiger partial charge on any atom is -0.394 e. The molecule has 0 fully saturated rings. The molecule has 0 bridgehead atoms. The lowest BCUT2D eigenvalue weighted by molar-refractivity contribution is -0.155. The minimum atomic E-state index is -1.34. The van der Waals surface area contributed by atoms with Crippen LogP contribution in [0.25, 0.3) is 0 Å². The lowest BCUT2D eigenvalue weighted by atomic mass is 9.75. The van der Waals surface area contributed by atoms with Gasteiger partial charge in [-0.2, -0.15) is 0 Å². The number of rotatable bonds is 9. The van der Waals surface area contributed by atoms with Gasteiger partial charge in [-0.15, -0.1) is 0 Å². The Morgan fingerprint density at radius 3 is 1.85 bits per heavy atom. The molecule has 0 aromatic heterocycles. The second-order valence-electron chi connectivity index (χ2n) is 5.76. The zero-order valence-corrected chi connectivity index (χ0v) is 12.5. The number of methoxy groups -OCH3 is 1. The van der Waals surface area contributed by atoms with Crippen LogP contribution in [0.5, 0.6) is 0 Å². The quantitative estimate of drug-likeness (QED) is 0.293. The average Bonchev–Trinajstić information content (AvgIpc) is 2.44. The highest BCUT2D eigenvalue weighted by molar-refractivity contribution is 4.93. The number of hydrogen-bond acceptors (Lipinski definition) is 7. The Morgan fingerprint density at radius 2 is 1.50 bits per heavy atom. The fourth-order valence-electron chi connectivity index (χ4n) is 2.18. The summed E-state index contributed by atoms with van der Waals surface area (Å²) in [6, 6.07) is 0. The van der Waals surface area contributed by atoms with Crippen molar-refractivity contribution in [2.75, 3.05) is 20.3 Å². The van der Waals surface area contributed by atoms with E-state index >= 15 is 0 Å². The SMILES string of the molecule is COC(C(O)CO)C(C)C(O)C(O)C(C)(C)C(O)CO. The molecule has 0 aliphatic carbocycles. The molecule has 0 saturated heterocycles. The molecule has 6 N–H and O–H groups in total. The fraction of sp³-hybridized carbons (Fsp3) is 1.00. The smallest absolute Gasteiger partial charge is 0.103 e. The van der Waals surface area contributed by atoms with Gasteiger partial charge in [-0.1, -0.05) is 20.8 Å². The van der Waals surface area contributed by atoms with Gasteiger partial charge in [-0.3, -0.25) is 0 Å². The lowest BCUT2D eigenvalue weighted by Crippen LogP contribution is -2.53. The van der Waals surface area contributed by atoms with E-state index in [4.69, 9.17) is 14.9 Å². The molecule has 6 atom stereocenters. The summed E-state index contributed by atoms with van der Waals surface area (Å²) in [5.74, 6) is -0.692. The van der Waals surface area contributed by atoms with Crippen LogP contribution in [0.1, 0.15) is 20.8 Å². The van der Waals surface area contributed by atoms with Gasteiger partial charge in [0.25, 0.3) is 0 Å². The van der Waals surface area contributed by atoms with Crippen LogP contribution in [-0.4, -0.2) is 81.5 Å². The van der Waals surface area contributed by atoms with Crippen molar-refractivity contribution in [3.63, 3.8) is 0 Å². The summed E-state index contributed by atoms with van der Waals surface area (Å²) in [5.41, 5.74) is -1.15. The number of aliphatic hydroxyl groups is 6. The Hall–Kier alpha value is -0.280. The molecule has 0 saturated carbocycles. The summed E-state index contributed by atoms with van der Waals surface area (Å²) in [7, 11) is 1.33. The molecule has 7 heteroatoms. The fourth-order valence-corrected chi connectivity index (χ4v) is 2.18. The van der Waals surface area contributed by atoms with Gasteiger partial charge in [0.05, 0.1) is 37.6 Å². The largest absolute Gasteiger partial charge is 0.394 e. The predicted molar refractivity (Wildman–Crippen MR) is 71.9 cm³/mol. The van der Waals surface area contributed by atoms with E-state index in [1.807, 2.05) is 0 Å². The third kappa shape index (κ3) is 4.36. The molecule has 0 amide bonds. The van der Waals surface area contributed by atoms with Crippen molar-refractivity contribution in [1.29, 1.82) is 0 Å². The number of hydrogen-bond donors (Lipinski definition) is 6. The summed E-state index contributed by atoms with van der Waals surface area (Å²) >= 11 is 0. The van der Waals surface area contributed by atoms with Crippen LogP contribution in [0.3, 0.4) is 0 Å². The molecule has 122 valence electrons. The van der Waals surface area contributed by atoms with Gasteiger partial charge in [0.15, 0.2) is 0 Å². The summed E-state index contributed by atoms with van der Waals surface area (Å²) in [6.45, 7) is 3.51. The summed E-state index contributed by atoms with van der Waals surface area (Å²) in [4.78, 5) is 0. The van der Waals surface area contributed by atoms with Gasteiger partial charge in [0.2, 0.25) is 0 Å². The van der Waals surface area contributed by atoms with Gasteiger partial charge in [-0.25, -0.2) is 0 Å². The maximum absolute atomic E-state index is 10.2. The first-order valence-electron chi connectivity index (χ1n) is 6.61. The Morgan fingerprint density at radius 1 is 1.00 bits per heavy atom. The van der Waals surface area contributed by atoms with Crippen molar-refractivity contribution >= 4 is 0 Å². The normalized spacial score (nSPS) is 21.9. The molecule has 6 unspecified atom stereocenters. The molecule has 0 aliphatic rings. The molecule has 0 aromatic rings. The van der Waals surface area contributed by atoms with Crippen molar-refractivity contribution < 1.29 is 35.4 Å². The average molecular weight is 296 g/mol. The Bertz CT molecular complexity index is 271. The summed E-state index contributed by atoms with van der Waals surface area (Å²) in [5, 5.41) is 57.6. The Kier molecular flexibility index (Phi) is 8.12. The van der Waals surface area contributed by atoms with Crippen LogP contribution in [0.15, 0.2) is 0 Å². The van der Waals surface area contributed by atoms with E-state index in [1.165, 1.54) is 21.0 Å². The zero-order valence-electron chi connectivity index (χ0n) is 12.5. The topological polar surface area (TPSA) is 131 Å². The van der Waals surface area contributed by atoms with Crippen molar-refractivity contribution in [1.82, 2.24) is 0 Å². The Labute approximate surface area is 119 Å². The van der Waals surface area contributed by atoms with E-state index < -0.39 is 55.1 Å². The van der Waals surface area contributed by atoms with Crippen molar-refractivity contribution in [3.05, 3.63) is 0 Å². The van der Waals surface area contributed by atoms with E-state index in [0.29, 0.717) is 0 Å². The van der Waals surface area contributed by atoms with Crippen molar-refractivity contribution in [3.8, 4) is 0 Å².